The third-order valence-corrected chi connectivity index (χ3v) is 13.2. The number of hydrogen-bond acceptors (Lipinski definition) is 22. The minimum absolute atomic E-state index is 0.0233. The predicted molar refractivity (Wildman–Crippen MR) is 309 cm³/mol. The second-order valence-corrected chi connectivity index (χ2v) is 20.6. The molecule has 0 saturated carbocycles. The summed E-state index contributed by atoms with van der Waals surface area (Å²) < 4.78 is 4.66. The molecule has 3 aromatic carbocycles. The summed E-state index contributed by atoms with van der Waals surface area (Å²) in [4.78, 5) is 132. The van der Waals surface area contributed by atoms with Gasteiger partial charge in [-0.3, -0.25) is 48.5 Å². The molecule has 32 nitrogen and oxygen atoms in total. The molecule has 0 saturated heterocycles. The number of carboxylic acids is 1. The molecule has 8 amide bonds. The van der Waals surface area contributed by atoms with Gasteiger partial charge in [0.25, 0.3) is 5.91 Å². The summed E-state index contributed by atoms with van der Waals surface area (Å²) >= 11 is 0. The van der Waals surface area contributed by atoms with Crippen molar-refractivity contribution in [3.05, 3.63) is 76.3 Å². The maximum absolute atomic E-state index is 13.8. The Kier molecular flexibility index (Phi) is 27.3. The molecule has 0 spiro atoms. The van der Waals surface area contributed by atoms with E-state index >= 15 is 0 Å². The number of azo groups is 1. The van der Waals surface area contributed by atoms with Gasteiger partial charge in [0.15, 0.2) is 5.52 Å². The van der Waals surface area contributed by atoms with Crippen LogP contribution in [0.25, 0.3) is 11.0 Å². The first-order valence-electron chi connectivity index (χ1n) is 27.5. The number of nitro benzene ring substituents is 1. The Labute approximate surface area is 493 Å². The van der Waals surface area contributed by atoms with Crippen molar-refractivity contribution < 1.29 is 73.1 Å². The molecule has 32 heteroatoms. The van der Waals surface area contributed by atoms with Crippen molar-refractivity contribution >= 4 is 92.7 Å². The summed E-state index contributed by atoms with van der Waals surface area (Å²) in [7, 11) is 1.95. The van der Waals surface area contributed by atoms with Gasteiger partial charge in [-0.1, -0.05) is 13.8 Å². The molecule has 4 aromatic rings. The van der Waals surface area contributed by atoms with Crippen LogP contribution in [-0.4, -0.2) is 177 Å². The van der Waals surface area contributed by atoms with E-state index in [9.17, 15) is 73.7 Å². The number of nitro groups is 1. The quantitative estimate of drug-likeness (QED) is 0.0121. The molecule has 0 aliphatic rings. The summed E-state index contributed by atoms with van der Waals surface area (Å²) in [6.07, 6.45) is -2.92. The molecule has 0 radical (unpaired) electrons. The number of amides is 8. The highest BCUT2D eigenvalue weighted by molar-refractivity contribution is 6.00. The van der Waals surface area contributed by atoms with Crippen molar-refractivity contribution in [3.63, 3.8) is 0 Å². The van der Waals surface area contributed by atoms with E-state index in [-0.39, 0.29) is 54.0 Å². The number of fused-ring (bicyclic) bond motifs is 1. The Bertz CT molecular complexity index is 3010. The molecule has 0 fully saturated rings. The van der Waals surface area contributed by atoms with Gasteiger partial charge in [-0.15, -0.1) is 0 Å². The number of anilines is 2. The normalized spacial score (nSPS) is 14.5. The van der Waals surface area contributed by atoms with Gasteiger partial charge in [0, 0.05) is 43.9 Å². The average Bonchev–Trinajstić information content (AvgIpc) is 3.57. The van der Waals surface area contributed by atoms with Crippen molar-refractivity contribution in [2.24, 2.45) is 27.6 Å². The highest BCUT2D eigenvalue weighted by Crippen LogP contribution is 2.29. The average molecular weight is 1210 g/mol. The van der Waals surface area contributed by atoms with Crippen LogP contribution < -0.4 is 58.9 Å². The number of carboxylic acid groups (broad SMARTS) is 1. The monoisotopic (exact) mass is 1200 g/mol. The second-order valence-electron chi connectivity index (χ2n) is 20.6. The molecule has 9 atom stereocenters. The van der Waals surface area contributed by atoms with Crippen LogP contribution in [0, 0.1) is 16.0 Å². The van der Waals surface area contributed by atoms with E-state index in [4.69, 9.17) is 11.5 Å². The molecular formula is C54H76N16O16. The number of rotatable bonds is 36. The van der Waals surface area contributed by atoms with E-state index in [1.54, 1.807) is 26.0 Å². The van der Waals surface area contributed by atoms with E-state index in [2.05, 4.69) is 72.6 Å². The third-order valence-electron chi connectivity index (χ3n) is 13.2. The highest BCUT2D eigenvalue weighted by Gasteiger charge is 2.36. The van der Waals surface area contributed by atoms with Crippen LogP contribution in [0.3, 0.4) is 0 Å². The first-order valence-corrected chi connectivity index (χ1v) is 27.5. The molecule has 1 heterocycles. The third kappa shape index (κ3) is 21.4. The van der Waals surface area contributed by atoms with E-state index in [0.717, 1.165) is 32.5 Å². The zero-order chi connectivity index (χ0) is 63.8. The van der Waals surface area contributed by atoms with E-state index < -0.39 is 132 Å². The maximum atomic E-state index is 13.8. The number of benzene rings is 3. The number of carbonyl (C=O) groups is 9. The summed E-state index contributed by atoms with van der Waals surface area (Å²) in [6, 6.07) is 4.51. The standard InChI is InChI=1S/C54H76N16O16/c1-28(2)26-39(50(78)60-38(54(82)83)10-7-8-24-57-36-19-21-41(70(84)85)46-45(36)67-86-68-46)61-47(75)29(3)58-52(80)43(30(4)72)63-49(77)37(20-22-42(56)74)59-53(81)44(31(5)73)64-51(79)40(27-71)62-48(76)32-11-13-33(14-12-32)65-66-34-15-17-35(18-16-34)69(6)25-9-23-55/h11-19,21,28-31,37-40,43-44,57,71-73H,7-10,20,22-27,55H2,1-6H3,(H2,56,74)(H,58,80)(H,59,81)(H,60,78)(H,61,75)(H,62,76)(H,63,77)(H,64,79)(H,82,83)/t29-,30+,31+,37-,38-,39-,40-,43-,44-/m0/s1. The Morgan fingerprint density at radius 3 is 1.76 bits per heavy atom. The second kappa shape index (κ2) is 33.9. The highest BCUT2D eigenvalue weighted by atomic mass is 16.6. The first-order chi connectivity index (χ1) is 40.7. The molecular weight excluding hydrogens is 1130 g/mol. The van der Waals surface area contributed by atoms with Gasteiger partial charge >= 0.3 is 11.7 Å². The zero-order valence-corrected chi connectivity index (χ0v) is 48.4. The Balaban J connectivity index is 1.34. The fourth-order valence-electron chi connectivity index (χ4n) is 8.34. The maximum Gasteiger partial charge on any atom is 0.326 e. The van der Waals surface area contributed by atoms with Gasteiger partial charge in [0.2, 0.25) is 46.9 Å². The molecule has 0 aliphatic heterocycles. The Morgan fingerprint density at radius 2 is 1.21 bits per heavy atom. The first kappa shape index (κ1) is 69.2. The number of nitrogens with one attached hydrogen (secondary N) is 8. The number of hydrogen-bond donors (Lipinski definition) is 14. The number of aromatic nitrogens is 2. The summed E-state index contributed by atoms with van der Waals surface area (Å²) in [5, 5.41) is 87.8. The number of primary amides is 1. The van der Waals surface area contributed by atoms with E-state index in [1.165, 1.54) is 43.3 Å². The number of nitrogens with zero attached hydrogens (tertiary/aromatic N) is 6. The summed E-state index contributed by atoms with van der Waals surface area (Å²) in [5.41, 5.74) is 13.1. The molecule has 4 rings (SSSR count). The molecule has 0 unspecified atom stereocenters. The SMILES string of the molecule is CC(C)C[C@H](NC(=O)[C@H](C)NC(=O)[C@@H](NC(=O)[C@H](CCC(N)=O)NC(=O)[C@@H](NC(=O)[C@H](CO)NC(=O)c1ccc(N=Nc2ccc(N(C)CCCN)cc2)cc1)[C@@H](C)O)[C@@H](C)O)C(=O)N[C@@H](CCCCNc1ccc([N+](=O)[O-])c2nonc12)C(=O)O. The minimum Gasteiger partial charge on any atom is -0.480 e. The van der Waals surface area contributed by atoms with Crippen LogP contribution >= 0.6 is 0 Å². The van der Waals surface area contributed by atoms with Crippen LogP contribution in [-0.2, 0) is 38.4 Å². The van der Waals surface area contributed by atoms with Crippen LogP contribution in [0.4, 0.5) is 28.4 Å². The Hall–Kier alpha value is -9.27. The van der Waals surface area contributed by atoms with Crippen molar-refractivity contribution in [2.45, 2.75) is 134 Å². The smallest absolute Gasteiger partial charge is 0.326 e. The lowest BCUT2D eigenvalue weighted by molar-refractivity contribution is -0.383. The number of aliphatic hydroxyl groups excluding tert-OH is 3. The van der Waals surface area contributed by atoms with Gasteiger partial charge < -0.3 is 79.3 Å². The fraction of sp³-hybridized carbons (Fsp3) is 0.500. The minimum atomic E-state index is -1.86. The van der Waals surface area contributed by atoms with Gasteiger partial charge in [0.05, 0.1) is 40.8 Å². The molecule has 1 aromatic heterocycles. The van der Waals surface area contributed by atoms with E-state index in [1.807, 2.05) is 19.2 Å². The number of unbranched alkanes of at least 4 members (excludes halogenated alkanes) is 1. The number of carbonyl (C=O) groups excluding carboxylic acids is 8. The van der Waals surface area contributed by atoms with Crippen LogP contribution in [0.1, 0.15) is 89.9 Å². The van der Waals surface area contributed by atoms with Crippen molar-refractivity contribution in [1.29, 1.82) is 0 Å². The van der Waals surface area contributed by atoms with Crippen molar-refractivity contribution in [1.82, 2.24) is 47.5 Å². The molecule has 0 bridgehead atoms. The predicted octanol–water partition coefficient (Wildman–Crippen LogP) is -0.209. The largest absolute Gasteiger partial charge is 0.480 e. The van der Waals surface area contributed by atoms with Crippen LogP contribution in [0.15, 0.2) is 75.5 Å². The van der Waals surface area contributed by atoms with Gasteiger partial charge in [0.1, 0.15) is 42.3 Å². The van der Waals surface area contributed by atoms with Gasteiger partial charge in [-0.05, 0) is 137 Å². The molecule has 16 N–H and O–H groups in total. The fourth-order valence-corrected chi connectivity index (χ4v) is 8.34. The summed E-state index contributed by atoms with van der Waals surface area (Å²) in [5.74, 6) is -9.75. The lowest BCUT2D eigenvalue weighted by atomic mass is 10.0. The van der Waals surface area contributed by atoms with Gasteiger partial charge in [-0.2, -0.15) is 10.2 Å². The number of aliphatic hydroxyl groups is 3. The zero-order valence-electron chi connectivity index (χ0n) is 48.4. The van der Waals surface area contributed by atoms with Crippen molar-refractivity contribution in [2.75, 3.05) is 43.5 Å². The molecule has 86 heavy (non-hydrogen) atoms. The van der Waals surface area contributed by atoms with Crippen LogP contribution in [0.2, 0.25) is 0 Å². The lowest BCUT2D eigenvalue weighted by Crippen LogP contribution is -2.62. The number of non-ortho nitro benzene ring substituents is 1. The van der Waals surface area contributed by atoms with Gasteiger partial charge in [-0.25, -0.2) is 9.42 Å². The molecule has 468 valence electrons. The van der Waals surface area contributed by atoms with E-state index in [0.29, 0.717) is 30.0 Å². The van der Waals surface area contributed by atoms with Crippen molar-refractivity contribution in [3.8, 4) is 0 Å². The van der Waals surface area contributed by atoms with Crippen LogP contribution in [0.5, 0.6) is 0 Å². The Morgan fingerprint density at radius 1 is 0.663 bits per heavy atom. The molecule has 0 aliphatic carbocycles. The lowest BCUT2D eigenvalue weighted by Gasteiger charge is -2.28. The topological polar surface area (TPSA) is 493 Å². The number of aliphatic carboxylic acids is 1. The summed E-state index contributed by atoms with van der Waals surface area (Å²) in [6.45, 7) is 7.57. The number of nitrogens with two attached hydrogens (primary N) is 2.